The number of alkyl halides is 1. The van der Waals surface area contributed by atoms with Crippen LogP contribution in [-0.2, 0) is 0 Å². The number of nitro groups is 1. The standard InChI is InChI=1S/C20H13Cl4NO5/c21-13-1-7-16(8-2-13)28-20(19(24)25(26)27,29-17-9-3-14(22)4-10-17)30-18-11-5-15(23)6-12-18/h1-12,19H. The van der Waals surface area contributed by atoms with Crippen molar-refractivity contribution < 1.29 is 19.1 Å². The fourth-order valence-corrected chi connectivity index (χ4v) is 2.85. The highest BCUT2D eigenvalue weighted by Crippen LogP contribution is 2.33. The minimum Gasteiger partial charge on any atom is -0.414 e. The van der Waals surface area contributed by atoms with Gasteiger partial charge in [-0.25, -0.2) is 0 Å². The van der Waals surface area contributed by atoms with Gasteiger partial charge in [0.25, 0.3) is 0 Å². The summed E-state index contributed by atoms with van der Waals surface area (Å²) in [6, 6.07) is 18.2. The van der Waals surface area contributed by atoms with E-state index in [1.165, 1.54) is 36.4 Å². The van der Waals surface area contributed by atoms with Crippen LogP contribution in [0.2, 0.25) is 15.1 Å². The van der Waals surface area contributed by atoms with Gasteiger partial charge in [0.15, 0.2) is 0 Å². The fourth-order valence-electron chi connectivity index (χ4n) is 2.34. The average Bonchev–Trinajstić information content (AvgIpc) is 2.72. The predicted octanol–water partition coefficient (Wildman–Crippen LogP) is 6.68. The molecule has 156 valence electrons. The van der Waals surface area contributed by atoms with Crippen molar-refractivity contribution in [2.75, 3.05) is 0 Å². The van der Waals surface area contributed by atoms with Crippen LogP contribution in [0.3, 0.4) is 0 Å². The number of rotatable bonds is 8. The number of benzene rings is 3. The highest BCUT2D eigenvalue weighted by Gasteiger charge is 2.56. The van der Waals surface area contributed by atoms with Gasteiger partial charge in [-0.05, 0) is 84.4 Å². The second-order valence-electron chi connectivity index (χ2n) is 5.89. The molecule has 3 aromatic carbocycles. The molecular weight excluding hydrogens is 476 g/mol. The summed E-state index contributed by atoms with van der Waals surface area (Å²) in [5, 5.41) is 13.0. The molecule has 0 N–H and O–H groups in total. The number of halogens is 4. The van der Waals surface area contributed by atoms with Crippen LogP contribution in [0.5, 0.6) is 17.2 Å². The van der Waals surface area contributed by atoms with E-state index in [4.69, 9.17) is 60.6 Å². The molecule has 0 spiro atoms. The highest BCUT2D eigenvalue weighted by molar-refractivity contribution is 6.31. The van der Waals surface area contributed by atoms with Crippen molar-refractivity contribution in [3.63, 3.8) is 0 Å². The van der Waals surface area contributed by atoms with Crippen molar-refractivity contribution in [3.8, 4) is 17.2 Å². The second-order valence-corrected chi connectivity index (χ2v) is 7.62. The molecule has 0 radical (unpaired) electrons. The molecule has 0 heterocycles. The predicted molar refractivity (Wildman–Crippen MR) is 116 cm³/mol. The van der Waals surface area contributed by atoms with E-state index < -0.39 is 16.4 Å². The van der Waals surface area contributed by atoms with Gasteiger partial charge < -0.3 is 14.2 Å². The molecule has 0 saturated heterocycles. The summed E-state index contributed by atoms with van der Waals surface area (Å²) < 4.78 is 17.4. The smallest absolute Gasteiger partial charge is 0.414 e. The van der Waals surface area contributed by atoms with Gasteiger partial charge in [-0.15, -0.1) is 0 Å². The largest absolute Gasteiger partial charge is 0.506 e. The van der Waals surface area contributed by atoms with Crippen LogP contribution in [0.1, 0.15) is 0 Å². The summed E-state index contributed by atoms with van der Waals surface area (Å²) in [5.74, 6) is -1.86. The molecular formula is C20H13Cl4NO5. The topological polar surface area (TPSA) is 70.8 Å². The van der Waals surface area contributed by atoms with E-state index in [-0.39, 0.29) is 17.2 Å². The second kappa shape index (κ2) is 9.62. The Kier molecular flexibility index (Phi) is 7.15. The lowest BCUT2D eigenvalue weighted by Gasteiger charge is -2.32. The van der Waals surface area contributed by atoms with Crippen LogP contribution >= 0.6 is 46.4 Å². The molecule has 30 heavy (non-hydrogen) atoms. The molecule has 0 aliphatic carbocycles. The summed E-state index contributed by atoms with van der Waals surface area (Å²) in [7, 11) is 0. The molecule has 0 amide bonds. The molecule has 0 aliphatic rings. The Bertz CT molecular complexity index is 882. The van der Waals surface area contributed by atoms with Crippen molar-refractivity contribution in [2.45, 2.75) is 11.5 Å². The summed E-state index contributed by atoms with van der Waals surface area (Å²) in [5.41, 5.74) is -1.97. The molecule has 6 nitrogen and oxygen atoms in total. The lowest BCUT2D eigenvalue weighted by atomic mass is 10.3. The maximum atomic E-state index is 11.6. The zero-order chi connectivity index (χ0) is 21.7. The van der Waals surface area contributed by atoms with E-state index in [1.54, 1.807) is 36.4 Å². The molecule has 0 fully saturated rings. The van der Waals surface area contributed by atoms with Crippen LogP contribution in [-0.4, -0.2) is 16.4 Å². The third kappa shape index (κ3) is 5.61. The van der Waals surface area contributed by atoms with E-state index in [2.05, 4.69) is 0 Å². The maximum Gasteiger partial charge on any atom is 0.506 e. The molecule has 0 aliphatic heterocycles. The molecule has 0 bridgehead atoms. The van der Waals surface area contributed by atoms with Crippen molar-refractivity contribution >= 4 is 46.4 Å². The quantitative estimate of drug-likeness (QED) is 0.116. The van der Waals surface area contributed by atoms with Gasteiger partial charge in [0.2, 0.25) is 0 Å². The first-order chi connectivity index (χ1) is 14.3. The number of hydrogen-bond acceptors (Lipinski definition) is 5. The summed E-state index contributed by atoms with van der Waals surface area (Å²) in [6.45, 7) is 0. The number of nitrogens with zero attached hydrogens (tertiary/aromatic N) is 1. The molecule has 3 rings (SSSR count). The third-order valence-electron chi connectivity index (χ3n) is 3.70. The van der Waals surface area contributed by atoms with E-state index in [9.17, 15) is 10.1 Å². The molecule has 0 aromatic heterocycles. The molecule has 1 unspecified atom stereocenters. The zero-order valence-electron chi connectivity index (χ0n) is 15.0. The SMILES string of the molecule is O=[N+]([O-])C(Cl)C(Oc1ccc(Cl)cc1)(Oc1ccc(Cl)cc1)Oc1ccc(Cl)cc1. The van der Waals surface area contributed by atoms with E-state index in [0.717, 1.165) is 0 Å². The monoisotopic (exact) mass is 487 g/mol. The Morgan fingerprint density at radius 2 is 0.933 bits per heavy atom. The average molecular weight is 489 g/mol. The lowest BCUT2D eigenvalue weighted by molar-refractivity contribution is -0.550. The van der Waals surface area contributed by atoms with Crippen LogP contribution in [0.4, 0.5) is 0 Å². The van der Waals surface area contributed by atoms with Crippen LogP contribution < -0.4 is 14.2 Å². The third-order valence-corrected chi connectivity index (χ3v) is 4.88. The Morgan fingerprint density at radius 1 is 0.667 bits per heavy atom. The van der Waals surface area contributed by atoms with Gasteiger partial charge in [0, 0.05) is 15.1 Å². The Morgan fingerprint density at radius 3 is 1.17 bits per heavy atom. The van der Waals surface area contributed by atoms with Gasteiger partial charge in [0.1, 0.15) is 17.2 Å². The number of ether oxygens (including phenoxy) is 3. The van der Waals surface area contributed by atoms with Crippen LogP contribution in [0.25, 0.3) is 0 Å². The van der Waals surface area contributed by atoms with E-state index in [1.807, 2.05) is 0 Å². The first-order valence-electron chi connectivity index (χ1n) is 8.39. The van der Waals surface area contributed by atoms with E-state index in [0.29, 0.717) is 15.1 Å². The van der Waals surface area contributed by atoms with E-state index >= 15 is 0 Å². The Balaban J connectivity index is 2.07. The van der Waals surface area contributed by atoms with Gasteiger partial charge in [-0.3, -0.25) is 10.1 Å². The minimum atomic E-state index is -2.39. The van der Waals surface area contributed by atoms with Crippen molar-refractivity contribution in [1.82, 2.24) is 0 Å². The van der Waals surface area contributed by atoms with Gasteiger partial charge in [-0.1, -0.05) is 34.8 Å². The maximum absolute atomic E-state index is 11.6. The summed E-state index contributed by atoms with van der Waals surface area (Å²) in [4.78, 5) is 10.9. The van der Waals surface area contributed by atoms with Crippen LogP contribution in [0.15, 0.2) is 72.8 Å². The van der Waals surface area contributed by atoms with Crippen LogP contribution in [0, 0.1) is 10.1 Å². The van der Waals surface area contributed by atoms with Crippen molar-refractivity contribution in [3.05, 3.63) is 98.0 Å². The van der Waals surface area contributed by atoms with Gasteiger partial charge in [-0.2, -0.15) is 0 Å². The molecule has 10 heteroatoms. The fraction of sp³-hybridized carbons (Fsp3) is 0.100. The Hall–Kier alpha value is -2.38. The first-order valence-corrected chi connectivity index (χ1v) is 9.96. The normalized spacial score (nSPS) is 12.1. The number of hydrogen-bond donors (Lipinski definition) is 0. The first kappa shape index (κ1) is 22.3. The van der Waals surface area contributed by atoms with Crippen molar-refractivity contribution in [2.24, 2.45) is 0 Å². The zero-order valence-corrected chi connectivity index (χ0v) is 18.0. The van der Waals surface area contributed by atoms with Gasteiger partial charge >= 0.3 is 11.5 Å². The highest BCUT2D eigenvalue weighted by atomic mass is 35.5. The van der Waals surface area contributed by atoms with Crippen molar-refractivity contribution in [1.29, 1.82) is 0 Å². The Labute approximate surface area is 191 Å². The molecule has 3 aromatic rings. The summed E-state index contributed by atoms with van der Waals surface area (Å²) >= 11 is 23.9. The lowest BCUT2D eigenvalue weighted by Crippen LogP contribution is -2.58. The minimum absolute atomic E-state index is 0.176. The van der Waals surface area contributed by atoms with Gasteiger partial charge in [0.05, 0.1) is 4.92 Å². The summed E-state index contributed by atoms with van der Waals surface area (Å²) in [6.07, 6.45) is 0. The molecule has 1 atom stereocenters. The molecule has 0 saturated carbocycles.